The van der Waals surface area contributed by atoms with E-state index >= 15 is 4.79 Å². The minimum Gasteiger partial charge on any atom is -0.325 e. The molecule has 0 aromatic heterocycles. The van der Waals surface area contributed by atoms with Crippen molar-refractivity contribution in [2.24, 2.45) is 5.92 Å². The lowest BCUT2D eigenvalue weighted by Crippen LogP contribution is -2.63. The van der Waals surface area contributed by atoms with Gasteiger partial charge in [-0.3, -0.25) is 19.3 Å². The molecule has 0 bridgehead atoms. The molecule has 7 heteroatoms. The molecule has 0 aliphatic carbocycles. The van der Waals surface area contributed by atoms with Gasteiger partial charge >= 0.3 is 0 Å². The summed E-state index contributed by atoms with van der Waals surface area (Å²) < 4.78 is 13.8. The van der Waals surface area contributed by atoms with Gasteiger partial charge in [-0.2, -0.15) is 0 Å². The number of halogens is 1. The molecule has 7 rings (SSSR count). The van der Waals surface area contributed by atoms with E-state index in [2.05, 4.69) is 5.32 Å². The predicted molar refractivity (Wildman–Crippen MR) is 149 cm³/mol. The van der Waals surface area contributed by atoms with Crippen molar-refractivity contribution in [3.8, 4) is 0 Å². The Bertz CT molecular complexity index is 1690. The van der Waals surface area contributed by atoms with Crippen molar-refractivity contribution < 1.29 is 18.8 Å². The fourth-order valence-electron chi connectivity index (χ4n) is 7.29. The molecule has 40 heavy (non-hydrogen) atoms. The number of benzene rings is 4. The first-order chi connectivity index (χ1) is 19.4. The van der Waals surface area contributed by atoms with Crippen molar-refractivity contribution in [2.75, 3.05) is 23.8 Å². The maximum absolute atomic E-state index is 15.0. The van der Waals surface area contributed by atoms with Crippen LogP contribution in [0.25, 0.3) is 0 Å². The van der Waals surface area contributed by atoms with E-state index in [9.17, 15) is 14.0 Å². The van der Waals surface area contributed by atoms with Crippen molar-refractivity contribution >= 4 is 29.0 Å². The Morgan fingerprint density at radius 3 is 2.27 bits per heavy atom. The molecule has 1 saturated heterocycles. The normalized spacial score (nSPS) is 24.9. The van der Waals surface area contributed by atoms with Crippen LogP contribution in [-0.2, 0) is 27.1 Å². The number of para-hydroxylation sites is 2. The number of fused-ring (bicyclic) bond motifs is 5. The smallest absolute Gasteiger partial charge is 0.254 e. The Balaban J connectivity index is 1.50. The first-order valence-corrected chi connectivity index (χ1v) is 13.3. The molecule has 2 spiro atoms. The van der Waals surface area contributed by atoms with Gasteiger partial charge in [-0.25, -0.2) is 4.39 Å². The average molecular weight is 532 g/mol. The number of Topliss-reactive ketones (excluding diaryl/α,β-unsaturated/α-hetero) is 1. The van der Waals surface area contributed by atoms with Gasteiger partial charge in [0, 0.05) is 29.0 Å². The number of carbonyl (C=O) groups is 3. The Labute approximate surface area is 231 Å². The highest BCUT2D eigenvalue weighted by Gasteiger charge is 2.78. The second kappa shape index (κ2) is 8.69. The summed E-state index contributed by atoms with van der Waals surface area (Å²) in [5.74, 6) is -2.29. The van der Waals surface area contributed by atoms with Crippen LogP contribution in [0.15, 0.2) is 103 Å². The zero-order chi connectivity index (χ0) is 27.6. The summed E-state index contributed by atoms with van der Waals surface area (Å²) in [5, 5.41) is 3.01. The van der Waals surface area contributed by atoms with Crippen LogP contribution < -0.4 is 10.2 Å². The maximum Gasteiger partial charge on any atom is 0.254 e. The number of nitrogens with zero attached hydrogens (tertiary/aromatic N) is 2. The number of likely N-dealkylation sites (tertiary alicyclic amines) is 1. The lowest BCUT2D eigenvalue weighted by Gasteiger charge is -2.43. The number of hydrogen-bond acceptors (Lipinski definition) is 4. The largest absolute Gasteiger partial charge is 0.325 e. The van der Waals surface area contributed by atoms with Crippen LogP contribution >= 0.6 is 0 Å². The minimum absolute atomic E-state index is 0.164. The molecule has 0 radical (unpaired) electrons. The topological polar surface area (TPSA) is 69.7 Å². The number of carbonyl (C=O) groups excluding carboxylic acids is 3. The zero-order valence-corrected chi connectivity index (χ0v) is 21.8. The Kier molecular flexibility index (Phi) is 5.31. The highest BCUT2D eigenvalue weighted by molar-refractivity contribution is 6.21. The molecule has 1 fully saturated rings. The van der Waals surface area contributed by atoms with Crippen LogP contribution in [0.2, 0.25) is 0 Å². The Hall–Kier alpha value is -4.62. The van der Waals surface area contributed by atoms with Gasteiger partial charge in [0.25, 0.3) is 5.91 Å². The van der Waals surface area contributed by atoms with Gasteiger partial charge in [0.15, 0.2) is 5.78 Å². The number of nitrogens with one attached hydrogen (secondary N) is 1. The summed E-state index contributed by atoms with van der Waals surface area (Å²) in [6, 6.07) is 30.0. The Morgan fingerprint density at radius 2 is 1.52 bits per heavy atom. The van der Waals surface area contributed by atoms with Crippen LogP contribution in [0.1, 0.15) is 27.0 Å². The molecule has 4 aromatic carbocycles. The SMILES string of the molecule is CN1C[C@@H](C(=O)c2ccc(F)cc2)[C@]2(C(=O)Nc3ccccc32)[C@@]12C(=O)N(Cc1ccccc1)c1ccccc12. The molecule has 3 atom stereocenters. The van der Waals surface area contributed by atoms with E-state index in [1.807, 2.05) is 84.7 Å². The van der Waals surface area contributed by atoms with E-state index in [1.165, 1.54) is 24.3 Å². The molecule has 4 aromatic rings. The zero-order valence-electron chi connectivity index (χ0n) is 21.8. The fraction of sp³-hybridized carbons (Fsp3) is 0.182. The molecule has 3 aliphatic heterocycles. The lowest BCUT2D eigenvalue weighted by atomic mass is 9.58. The second-order valence-electron chi connectivity index (χ2n) is 10.7. The van der Waals surface area contributed by atoms with Crippen molar-refractivity contribution in [1.82, 2.24) is 4.90 Å². The summed E-state index contributed by atoms with van der Waals surface area (Å²) in [6.07, 6.45) is 0. The van der Waals surface area contributed by atoms with E-state index < -0.39 is 22.7 Å². The molecular formula is C33H26FN3O3. The third-order valence-electron chi connectivity index (χ3n) is 8.85. The molecule has 1 N–H and O–H groups in total. The second-order valence-corrected chi connectivity index (χ2v) is 10.7. The highest BCUT2D eigenvalue weighted by atomic mass is 19.1. The van der Waals surface area contributed by atoms with Crippen molar-refractivity contribution in [2.45, 2.75) is 17.5 Å². The van der Waals surface area contributed by atoms with Crippen molar-refractivity contribution in [3.63, 3.8) is 0 Å². The third-order valence-corrected chi connectivity index (χ3v) is 8.85. The molecule has 0 saturated carbocycles. The number of anilines is 2. The summed E-state index contributed by atoms with van der Waals surface area (Å²) in [7, 11) is 1.81. The first-order valence-electron chi connectivity index (χ1n) is 13.3. The van der Waals surface area contributed by atoms with Crippen LogP contribution in [0.3, 0.4) is 0 Å². The Morgan fingerprint density at radius 1 is 0.875 bits per heavy atom. The molecule has 3 aliphatic rings. The van der Waals surface area contributed by atoms with Crippen LogP contribution in [0.5, 0.6) is 0 Å². The van der Waals surface area contributed by atoms with Gasteiger partial charge in [-0.15, -0.1) is 0 Å². The van der Waals surface area contributed by atoms with E-state index in [0.717, 1.165) is 11.3 Å². The number of likely N-dealkylation sites (N-methyl/N-ethyl adjacent to an activating group) is 1. The summed E-state index contributed by atoms with van der Waals surface area (Å²) in [5.41, 5.74) is 0.841. The summed E-state index contributed by atoms with van der Waals surface area (Å²) in [6.45, 7) is 0.486. The predicted octanol–water partition coefficient (Wildman–Crippen LogP) is 4.90. The van der Waals surface area contributed by atoms with Crippen LogP contribution in [0.4, 0.5) is 15.8 Å². The van der Waals surface area contributed by atoms with E-state index in [1.54, 1.807) is 11.0 Å². The molecule has 0 unspecified atom stereocenters. The minimum atomic E-state index is -1.55. The number of rotatable bonds is 4. The quantitative estimate of drug-likeness (QED) is 0.381. The van der Waals surface area contributed by atoms with Gasteiger partial charge in [0.1, 0.15) is 16.8 Å². The lowest BCUT2D eigenvalue weighted by molar-refractivity contribution is -0.138. The number of amides is 2. The highest BCUT2D eigenvalue weighted by Crippen LogP contribution is 2.65. The van der Waals surface area contributed by atoms with Gasteiger partial charge in [0.2, 0.25) is 5.91 Å². The maximum atomic E-state index is 15.0. The van der Waals surface area contributed by atoms with Gasteiger partial charge in [-0.1, -0.05) is 66.7 Å². The fourth-order valence-corrected chi connectivity index (χ4v) is 7.29. The standard InChI is InChI=1S/C33H26FN3O3/c1-36-20-26(29(38)22-15-17-23(34)18-16-22)32(24-11-5-7-13-27(24)35-30(32)39)33(36)25-12-6-8-14-28(25)37(31(33)40)19-21-9-3-2-4-10-21/h2-18,26H,19-20H2,1H3,(H,35,39)/t26-,32+,33+/m0/s1. The molecule has 198 valence electrons. The van der Waals surface area contributed by atoms with Crippen molar-refractivity contribution in [3.05, 3.63) is 131 Å². The van der Waals surface area contributed by atoms with Gasteiger partial charge < -0.3 is 10.2 Å². The molecular weight excluding hydrogens is 505 g/mol. The molecule has 2 amide bonds. The van der Waals surface area contributed by atoms with E-state index in [4.69, 9.17) is 0 Å². The van der Waals surface area contributed by atoms with Gasteiger partial charge in [0.05, 0.1) is 12.5 Å². The summed E-state index contributed by atoms with van der Waals surface area (Å²) in [4.78, 5) is 47.4. The monoisotopic (exact) mass is 531 g/mol. The van der Waals surface area contributed by atoms with Crippen LogP contribution in [-0.4, -0.2) is 36.1 Å². The van der Waals surface area contributed by atoms with E-state index in [-0.39, 0.29) is 24.1 Å². The average Bonchev–Trinajstić information content (AvgIpc) is 3.53. The van der Waals surface area contributed by atoms with Crippen molar-refractivity contribution in [1.29, 1.82) is 0 Å². The number of hydrogen-bond donors (Lipinski definition) is 1. The van der Waals surface area contributed by atoms with Crippen LogP contribution in [0, 0.1) is 11.7 Å². The molecule has 3 heterocycles. The molecule has 6 nitrogen and oxygen atoms in total. The van der Waals surface area contributed by atoms with Gasteiger partial charge in [-0.05, 0) is 54.6 Å². The number of ketones is 1. The van der Waals surface area contributed by atoms with E-state index in [0.29, 0.717) is 28.9 Å². The third kappa shape index (κ3) is 2.98. The summed E-state index contributed by atoms with van der Waals surface area (Å²) >= 11 is 0. The first kappa shape index (κ1) is 24.4.